The molecule has 0 N–H and O–H groups in total. The van der Waals surface area contributed by atoms with Crippen LogP contribution in [0.4, 0.5) is 0 Å². The van der Waals surface area contributed by atoms with Crippen LogP contribution in [0.1, 0.15) is 50.2 Å². The maximum absolute atomic E-state index is 5.44. The minimum Gasteiger partial charge on any atom is -0.115 e. The number of rotatable bonds is 6. The lowest BCUT2D eigenvalue weighted by Gasteiger charge is -1.98. The van der Waals surface area contributed by atoms with E-state index in [4.69, 9.17) is 6.42 Å². The Bertz CT molecular complexity index is 366. The van der Waals surface area contributed by atoms with Crippen LogP contribution >= 0.6 is 0 Å². The van der Waals surface area contributed by atoms with Crippen LogP contribution in [0.2, 0.25) is 0 Å². The quantitative estimate of drug-likeness (QED) is 0.475. The van der Waals surface area contributed by atoms with Gasteiger partial charge in [-0.15, -0.1) is 6.42 Å². The van der Waals surface area contributed by atoms with Gasteiger partial charge in [0.2, 0.25) is 0 Å². The zero-order valence-electron chi connectivity index (χ0n) is 10.1. The number of unbranched alkanes of at least 4 members (excludes halogenated alkanes) is 4. The van der Waals surface area contributed by atoms with E-state index in [9.17, 15) is 0 Å². The molecule has 0 radical (unpaired) electrons. The van der Waals surface area contributed by atoms with Gasteiger partial charge in [-0.25, -0.2) is 0 Å². The van der Waals surface area contributed by atoms with Crippen molar-refractivity contribution in [1.29, 1.82) is 0 Å². The third kappa shape index (κ3) is 4.36. The molecule has 0 aliphatic carbocycles. The van der Waals surface area contributed by atoms with Crippen LogP contribution in [-0.2, 0) is 0 Å². The molecule has 0 fully saturated rings. The highest BCUT2D eigenvalue weighted by Crippen LogP contribution is 2.11. The molecule has 84 valence electrons. The van der Waals surface area contributed by atoms with E-state index in [1.807, 2.05) is 18.2 Å². The molecule has 0 aromatic heterocycles. The maximum atomic E-state index is 5.44. The van der Waals surface area contributed by atoms with Crippen LogP contribution in [-0.4, -0.2) is 0 Å². The lowest BCUT2D eigenvalue weighted by atomic mass is 10.1. The monoisotopic (exact) mass is 212 g/mol. The molecular formula is C16H20. The van der Waals surface area contributed by atoms with Gasteiger partial charge in [-0.05, 0) is 24.5 Å². The molecule has 0 aliphatic heterocycles. The summed E-state index contributed by atoms with van der Waals surface area (Å²) >= 11 is 0. The number of hydrogen-bond acceptors (Lipinski definition) is 0. The summed E-state index contributed by atoms with van der Waals surface area (Å²) in [5.74, 6) is 2.71. The largest absolute Gasteiger partial charge is 0.115 e. The SMILES string of the molecule is C#Cc1ccccc1C=CCCCCCC. The van der Waals surface area contributed by atoms with Gasteiger partial charge in [0, 0.05) is 5.56 Å². The summed E-state index contributed by atoms with van der Waals surface area (Å²) in [5.41, 5.74) is 2.13. The van der Waals surface area contributed by atoms with Gasteiger partial charge in [-0.1, -0.05) is 62.5 Å². The summed E-state index contributed by atoms with van der Waals surface area (Å²) in [7, 11) is 0. The summed E-state index contributed by atoms with van der Waals surface area (Å²) in [5, 5.41) is 0. The number of hydrogen-bond donors (Lipinski definition) is 0. The fraction of sp³-hybridized carbons (Fsp3) is 0.375. The van der Waals surface area contributed by atoms with Crippen molar-refractivity contribution in [2.24, 2.45) is 0 Å². The average Bonchev–Trinajstić information content (AvgIpc) is 2.34. The predicted octanol–water partition coefficient (Wildman–Crippen LogP) is 4.65. The van der Waals surface area contributed by atoms with Crippen LogP contribution in [0, 0.1) is 12.3 Å². The minimum atomic E-state index is 0.979. The molecular weight excluding hydrogens is 192 g/mol. The zero-order valence-corrected chi connectivity index (χ0v) is 10.1. The van der Waals surface area contributed by atoms with Crippen molar-refractivity contribution in [1.82, 2.24) is 0 Å². The first-order chi connectivity index (χ1) is 7.88. The van der Waals surface area contributed by atoms with Crippen molar-refractivity contribution in [3.8, 4) is 12.3 Å². The molecule has 0 heterocycles. The summed E-state index contributed by atoms with van der Waals surface area (Å²) in [4.78, 5) is 0. The molecule has 0 bridgehead atoms. The Labute approximate surface area is 99.4 Å². The van der Waals surface area contributed by atoms with Gasteiger partial charge in [0.15, 0.2) is 0 Å². The molecule has 0 amide bonds. The normalized spacial score (nSPS) is 10.5. The van der Waals surface area contributed by atoms with Crippen molar-refractivity contribution in [2.75, 3.05) is 0 Å². The zero-order chi connectivity index (χ0) is 11.6. The molecule has 0 atom stereocenters. The third-order valence-corrected chi connectivity index (χ3v) is 2.64. The minimum absolute atomic E-state index is 0.979. The van der Waals surface area contributed by atoms with E-state index >= 15 is 0 Å². The van der Waals surface area contributed by atoms with Gasteiger partial charge in [0.05, 0.1) is 0 Å². The van der Waals surface area contributed by atoms with Crippen molar-refractivity contribution in [3.63, 3.8) is 0 Å². The summed E-state index contributed by atoms with van der Waals surface area (Å²) in [6.45, 7) is 2.24. The highest BCUT2D eigenvalue weighted by molar-refractivity contribution is 5.58. The van der Waals surface area contributed by atoms with Gasteiger partial charge in [0.1, 0.15) is 0 Å². The van der Waals surface area contributed by atoms with Crippen molar-refractivity contribution in [3.05, 3.63) is 41.5 Å². The van der Waals surface area contributed by atoms with E-state index in [1.165, 1.54) is 25.7 Å². The Kier molecular flexibility index (Phi) is 6.11. The molecule has 0 saturated carbocycles. The van der Waals surface area contributed by atoms with Crippen LogP contribution in [0.15, 0.2) is 30.3 Å². The first-order valence-corrected chi connectivity index (χ1v) is 6.10. The van der Waals surface area contributed by atoms with E-state index < -0.39 is 0 Å². The molecule has 0 aliphatic rings. The van der Waals surface area contributed by atoms with E-state index in [2.05, 4.69) is 31.1 Å². The fourth-order valence-corrected chi connectivity index (χ4v) is 1.67. The number of allylic oxidation sites excluding steroid dienone is 1. The smallest absolute Gasteiger partial charge is 0.0314 e. The highest BCUT2D eigenvalue weighted by atomic mass is 14.0. The Balaban J connectivity index is 2.41. The first kappa shape index (κ1) is 12.6. The van der Waals surface area contributed by atoms with Crippen LogP contribution < -0.4 is 0 Å². The standard InChI is InChI=1S/C16H20/c1-3-5-6-7-8-9-13-16-14-11-10-12-15(16)4-2/h2,9-14H,3,5-8H2,1H3. The Morgan fingerprint density at radius 3 is 2.75 bits per heavy atom. The summed E-state index contributed by atoms with van der Waals surface area (Å²) < 4.78 is 0. The highest BCUT2D eigenvalue weighted by Gasteiger charge is 1.92. The average molecular weight is 212 g/mol. The van der Waals surface area contributed by atoms with Crippen LogP contribution in [0.5, 0.6) is 0 Å². The second-order valence-corrected chi connectivity index (χ2v) is 3.98. The van der Waals surface area contributed by atoms with Crippen molar-refractivity contribution >= 4 is 6.08 Å². The summed E-state index contributed by atoms with van der Waals surface area (Å²) in [6.07, 6.45) is 16.2. The maximum Gasteiger partial charge on any atom is 0.0314 e. The van der Waals surface area contributed by atoms with E-state index in [1.54, 1.807) is 0 Å². The topological polar surface area (TPSA) is 0 Å². The lowest BCUT2D eigenvalue weighted by molar-refractivity contribution is 0.675. The van der Waals surface area contributed by atoms with Gasteiger partial charge >= 0.3 is 0 Å². The van der Waals surface area contributed by atoms with Gasteiger partial charge in [-0.3, -0.25) is 0 Å². The lowest BCUT2D eigenvalue weighted by Crippen LogP contribution is -1.80. The van der Waals surface area contributed by atoms with Gasteiger partial charge in [0.25, 0.3) is 0 Å². The Morgan fingerprint density at radius 1 is 1.19 bits per heavy atom. The van der Waals surface area contributed by atoms with E-state index in [0.717, 1.165) is 17.5 Å². The molecule has 0 spiro atoms. The van der Waals surface area contributed by atoms with Crippen LogP contribution in [0.25, 0.3) is 6.08 Å². The van der Waals surface area contributed by atoms with Crippen molar-refractivity contribution in [2.45, 2.75) is 39.0 Å². The molecule has 0 nitrogen and oxygen atoms in total. The molecule has 1 aromatic rings. The molecule has 1 aromatic carbocycles. The predicted molar refractivity (Wildman–Crippen MR) is 72.2 cm³/mol. The Hall–Kier alpha value is -1.48. The van der Waals surface area contributed by atoms with Crippen LogP contribution in [0.3, 0.4) is 0 Å². The van der Waals surface area contributed by atoms with Gasteiger partial charge < -0.3 is 0 Å². The molecule has 0 saturated heterocycles. The third-order valence-electron chi connectivity index (χ3n) is 2.64. The first-order valence-electron chi connectivity index (χ1n) is 6.10. The Morgan fingerprint density at radius 2 is 2.00 bits per heavy atom. The number of terminal acetylenes is 1. The van der Waals surface area contributed by atoms with Crippen molar-refractivity contribution < 1.29 is 0 Å². The van der Waals surface area contributed by atoms with E-state index in [-0.39, 0.29) is 0 Å². The number of benzene rings is 1. The summed E-state index contributed by atoms with van der Waals surface area (Å²) in [6, 6.07) is 8.06. The molecule has 1 rings (SSSR count). The molecule has 0 heteroatoms. The molecule has 16 heavy (non-hydrogen) atoms. The molecule has 0 unspecified atom stereocenters. The fourth-order valence-electron chi connectivity index (χ4n) is 1.67. The van der Waals surface area contributed by atoms with Gasteiger partial charge in [-0.2, -0.15) is 0 Å². The second-order valence-electron chi connectivity index (χ2n) is 3.98. The van der Waals surface area contributed by atoms with E-state index in [0.29, 0.717) is 0 Å². The second kappa shape index (κ2) is 7.77.